The van der Waals surface area contributed by atoms with E-state index in [1.54, 1.807) is 18.2 Å². The molecule has 0 N–H and O–H groups in total. The summed E-state index contributed by atoms with van der Waals surface area (Å²) in [7, 11) is 0. The minimum absolute atomic E-state index is 0.106. The molecular formula is C13H6BrClN2O2. The Morgan fingerprint density at radius 3 is 2.84 bits per heavy atom. The maximum Gasteiger partial charge on any atom is 0.238 e. The molecule has 94 valence electrons. The summed E-state index contributed by atoms with van der Waals surface area (Å²) in [5.41, 5.74) is 0.706. The predicted octanol–water partition coefficient (Wildman–Crippen LogP) is 3.97. The first-order valence-corrected chi connectivity index (χ1v) is 6.30. The Hall–Kier alpha value is -1.90. The van der Waals surface area contributed by atoms with Crippen molar-refractivity contribution in [1.29, 1.82) is 5.26 Å². The van der Waals surface area contributed by atoms with Crippen molar-refractivity contribution in [2.45, 2.75) is 0 Å². The second kappa shape index (κ2) is 5.83. The Labute approximate surface area is 122 Å². The summed E-state index contributed by atoms with van der Waals surface area (Å²) in [6.45, 7) is 0. The summed E-state index contributed by atoms with van der Waals surface area (Å²) >= 11 is 9.00. The summed E-state index contributed by atoms with van der Waals surface area (Å²) in [5, 5.41) is 9.18. The van der Waals surface area contributed by atoms with Gasteiger partial charge in [0.2, 0.25) is 5.88 Å². The van der Waals surface area contributed by atoms with E-state index in [0.717, 1.165) is 0 Å². The minimum Gasteiger partial charge on any atom is -0.438 e. The highest BCUT2D eigenvalue weighted by molar-refractivity contribution is 9.10. The molecule has 0 aliphatic heterocycles. The zero-order valence-corrected chi connectivity index (χ0v) is 11.8. The normalized spacial score (nSPS) is 9.74. The topological polar surface area (TPSA) is 63.0 Å². The van der Waals surface area contributed by atoms with E-state index in [1.165, 1.54) is 12.1 Å². The van der Waals surface area contributed by atoms with Crippen molar-refractivity contribution < 1.29 is 9.53 Å². The Balaban J connectivity index is 2.39. The van der Waals surface area contributed by atoms with Crippen molar-refractivity contribution in [3.63, 3.8) is 0 Å². The molecule has 1 aromatic heterocycles. The van der Waals surface area contributed by atoms with Crippen molar-refractivity contribution >= 4 is 33.8 Å². The zero-order chi connectivity index (χ0) is 13.8. The first kappa shape index (κ1) is 13.5. The Bertz CT molecular complexity index is 683. The van der Waals surface area contributed by atoms with Crippen LogP contribution in [0.1, 0.15) is 15.9 Å². The van der Waals surface area contributed by atoms with Crippen LogP contribution < -0.4 is 4.74 Å². The predicted molar refractivity (Wildman–Crippen MR) is 73.6 cm³/mol. The van der Waals surface area contributed by atoms with Gasteiger partial charge in [0.1, 0.15) is 22.5 Å². The average molecular weight is 338 g/mol. The van der Waals surface area contributed by atoms with Crippen molar-refractivity contribution in [3.05, 3.63) is 51.1 Å². The molecule has 0 aliphatic rings. The van der Waals surface area contributed by atoms with Crippen molar-refractivity contribution in [3.8, 4) is 17.7 Å². The van der Waals surface area contributed by atoms with Gasteiger partial charge in [0, 0.05) is 10.0 Å². The van der Waals surface area contributed by atoms with Crippen LogP contribution in [-0.4, -0.2) is 11.3 Å². The van der Waals surface area contributed by atoms with E-state index in [-0.39, 0.29) is 16.6 Å². The average Bonchev–Trinajstić information content (AvgIpc) is 2.41. The number of ether oxygens (including phenoxy) is 1. The van der Waals surface area contributed by atoms with Crippen molar-refractivity contribution in [2.24, 2.45) is 0 Å². The fourth-order valence-corrected chi connectivity index (χ4v) is 1.85. The summed E-state index contributed by atoms with van der Waals surface area (Å²) in [4.78, 5) is 14.8. The molecule has 6 heteroatoms. The first-order valence-electron chi connectivity index (χ1n) is 5.13. The molecule has 0 spiro atoms. The van der Waals surface area contributed by atoms with E-state index in [2.05, 4.69) is 20.9 Å². The number of rotatable bonds is 3. The van der Waals surface area contributed by atoms with Gasteiger partial charge in [-0.2, -0.15) is 5.26 Å². The number of benzene rings is 1. The molecule has 0 fully saturated rings. The van der Waals surface area contributed by atoms with Crippen LogP contribution in [0.5, 0.6) is 11.6 Å². The molecule has 0 aliphatic carbocycles. The Morgan fingerprint density at radius 2 is 2.16 bits per heavy atom. The number of hydrogen-bond donors (Lipinski definition) is 0. The summed E-state index contributed by atoms with van der Waals surface area (Å²) in [5.74, 6) is 0.505. The van der Waals surface area contributed by atoms with Gasteiger partial charge >= 0.3 is 0 Å². The van der Waals surface area contributed by atoms with Crippen LogP contribution in [0.3, 0.4) is 0 Å². The van der Waals surface area contributed by atoms with Crippen molar-refractivity contribution in [1.82, 2.24) is 4.98 Å². The quantitative estimate of drug-likeness (QED) is 0.628. The lowest BCUT2D eigenvalue weighted by Crippen LogP contribution is -1.93. The van der Waals surface area contributed by atoms with Crippen LogP contribution in [-0.2, 0) is 0 Å². The van der Waals surface area contributed by atoms with Crippen LogP contribution in [0.4, 0.5) is 0 Å². The minimum atomic E-state index is 0.106. The van der Waals surface area contributed by atoms with Crippen LogP contribution in [0, 0.1) is 11.3 Å². The Morgan fingerprint density at radius 1 is 1.37 bits per heavy atom. The number of carbonyl (C=O) groups excluding carboxylic acids is 1. The van der Waals surface area contributed by atoms with Gasteiger partial charge in [-0.25, -0.2) is 4.98 Å². The molecule has 1 heterocycles. The molecule has 0 atom stereocenters. The lowest BCUT2D eigenvalue weighted by Gasteiger charge is -2.07. The molecule has 0 saturated heterocycles. The van der Waals surface area contributed by atoms with Gasteiger partial charge in [-0.3, -0.25) is 4.79 Å². The van der Waals surface area contributed by atoms with Gasteiger partial charge in [-0.15, -0.1) is 0 Å². The highest BCUT2D eigenvalue weighted by atomic mass is 79.9. The van der Waals surface area contributed by atoms with E-state index >= 15 is 0 Å². The van der Waals surface area contributed by atoms with Crippen LogP contribution in [0.25, 0.3) is 0 Å². The number of nitriles is 1. The number of aromatic nitrogens is 1. The molecule has 0 unspecified atom stereocenters. The smallest absolute Gasteiger partial charge is 0.238 e. The number of pyridine rings is 1. The van der Waals surface area contributed by atoms with Gasteiger partial charge in [0.15, 0.2) is 6.29 Å². The molecular weight excluding hydrogens is 332 g/mol. The Kier molecular flexibility index (Phi) is 4.15. The second-order valence-corrected chi connectivity index (χ2v) is 4.74. The standard InChI is InChI=1S/C13H6BrClN2O2/c14-11-3-2-10(5-9(11)7-18)19-13-8(6-16)1-4-12(15)17-13/h1-5,7H. The number of carbonyl (C=O) groups is 1. The molecule has 1 aromatic carbocycles. The third-order valence-electron chi connectivity index (χ3n) is 2.26. The fourth-order valence-electron chi connectivity index (χ4n) is 1.37. The summed E-state index contributed by atoms with van der Waals surface area (Å²) in [6.07, 6.45) is 0.702. The number of hydrogen-bond acceptors (Lipinski definition) is 4. The highest BCUT2D eigenvalue weighted by Crippen LogP contribution is 2.27. The highest BCUT2D eigenvalue weighted by Gasteiger charge is 2.09. The third-order valence-corrected chi connectivity index (χ3v) is 3.19. The molecule has 2 aromatic rings. The third kappa shape index (κ3) is 3.11. The lowest BCUT2D eigenvalue weighted by molar-refractivity contribution is 0.112. The molecule has 0 amide bonds. The number of nitrogens with zero attached hydrogens (tertiary/aromatic N) is 2. The lowest BCUT2D eigenvalue weighted by atomic mass is 10.2. The molecule has 0 radical (unpaired) electrons. The van der Waals surface area contributed by atoms with E-state index in [1.807, 2.05) is 6.07 Å². The van der Waals surface area contributed by atoms with Gasteiger partial charge in [-0.05, 0) is 30.3 Å². The number of aldehydes is 1. The summed E-state index contributed by atoms with van der Waals surface area (Å²) in [6, 6.07) is 9.85. The van der Waals surface area contributed by atoms with Gasteiger partial charge in [-0.1, -0.05) is 27.5 Å². The summed E-state index contributed by atoms with van der Waals surface area (Å²) < 4.78 is 6.14. The SMILES string of the molecule is N#Cc1ccc(Cl)nc1Oc1ccc(Br)c(C=O)c1. The van der Waals surface area contributed by atoms with E-state index < -0.39 is 0 Å². The number of halogens is 2. The first-order chi connectivity index (χ1) is 9.13. The largest absolute Gasteiger partial charge is 0.438 e. The molecule has 0 saturated carbocycles. The fraction of sp³-hybridized carbons (Fsp3) is 0. The molecule has 19 heavy (non-hydrogen) atoms. The van der Waals surface area contributed by atoms with Crippen LogP contribution in [0.15, 0.2) is 34.8 Å². The van der Waals surface area contributed by atoms with Gasteiger partial charge in [0.25, 0.3) is 0 Å². The second-order valence-electron chi connectivity index (χ2n) is 3.50. The van der Waals surface area contributed by atoms with E-state index in [4.69, 9.17) is 21.6 Å². The maximum absolute atomic E-state index is 10.8. The van der Waals surface area contributed by atoms with E-state index in [9.17, 15) is 4.79 Å². The maximum atomic E-state index is 10.8. The van der Waals surface area contributed by atoms with Gasteiger partial charge in [0.05, 0.1) is 0 Å². The zero-order valence-electron chi connectivity index (χ0n) is 9.43. The molecule has 4 nitrogen and oxygen atoms in total. The van der Waals surface area contributed by atoms with Crippen LogP contribution >= 0.6 is 27.5 Å². The molecule has 2 rings (SSSR count). The molecule has 0 bridgehead atoms. The van der Waals surface area contributed by atoms with E-state index in [0.29, 0.717) is 22.1 Å². The van der Waals surface area contributed by atoms with Gasteiger partial charge < -0.3 is 4.74 Å². The monoisotopic (exact) mass is 336 g/mol. The van der Waals surface area contributed by atoms with Crippen molar-refractivity contribution in [2.75, 3.05) is 0 Å². The van der Waals surface area contributed by atoms with Crippen LogP contribution in [0.2, 0.25) is 5.15 Å².